The summed E-state index contributed by atoms with van der Waals surface area (Å²) in [5, 5.41) is 0. The van der Waals surface area contributed by atoms with E-state index in [2.05, 4.69) is 0 Å². The first-order valence-electron chi connectivity index (χ1n) is 30.5. The van der Waals surface area contributed by atoms with E-state index in [0.29, 0.717) is 0 Å². The van der Waals surface area contributed by atoms with Crippen LogP contribution in [-0.2, 0) is 0 Å². The molecule has 56 heteroatoms. The van der Waals surface area contributed by atoms with Crippen LogP contribution in [0.4, 0.5) is 233 Å². The second kappa shape index (κ2) is 31.4. The van der Waals surface area contributed by atoms with Crippen LogP contribution in [0.15, 0.2) is 0 Å². The van der Waals surface area contributed by atoms with E-state index in [0.717, 1.165) is 0 Å². The summed E-state index contributed by atoms with van der Waals surface area (Å²) in [5.41, 5.74) is -50.5. The SMILES string of the molecule is Cc1c(F)c(F)c([B-](c2c(F)c(F)c(F)c(F)c2F)(c2c(F)c(F)c(F)c(F)c2F)c2c(F)c(F)c([B-](c3c(F)c(F)c(F)c(F)c3F)(c3c(F)c(F)c(F)c(F)c3F)c3c(F)c(F)c(F)c(F)c3F)c(F)c2F)c(F)c1F.Fc1c(F)c(F)c([B-](c2c(F)c(F)c(F)c(F)c2F)(c2c(F)c(F)c(F)c(F)c2F)c2c(F)c(F)c(F)c(F)c2F)c(F)c1F. The van der Waals surface area contributed by atoms with Crippen LogP contribution in [-0.4, -0.2) is 18.4 Å². The summed E-state index contributed by atoms with van der Waals surface area (Å²) in [5.74, 6) is -206. The maximum Gasteiger partial charge on any atom is 0.200 e. The van der Waals surface area contributed by atoms with E-state index in [1.807, 2.05) is 0 Å². The molecule has 123 heavy (non-hydrogen) atoms. The fraction of sp³-hybridized carbons (Fsp3) is 0.0149. The molecule has 0 radical (unpaired) electrons. The molecule has 654 valence electrons. The van der Waals surface area contributed by atoms with E-state index in [-0.39, 0.29) is 6.92 Å². The smallest absolute Gasteiger partial charge is 0.200 e. The zero-order chi connectivity index (χ0) is 93.6. The summed E-state index contributed by atoms with van der Waals surface area (Å²) < 4.78 is 819. The van der Waals surface area contributed by atoms with E-state index in [4.69, 9.17) is 0 Å². The van der Waals surface area contributed by atoms with Gasteiger partial charge in [0.25, 0.3) is 0 Å². The summed E-state index contributed by atoms with van der Waals surface area (Å²) >= 11 is 0. The summed E-state index contributed by atoms with van der Waals surface area (Å²) in [7, 11) is 0. The molecule has 0 saturated carbocycles. The highest BCUT2D eigenvalue weighted by molar-refractivity contribution is 7.22. The molecule has 0 spiro atoms. The van der Waals surface area contributed by atoms with Gasteiger partial charge in [-0.2, -0.15) is 0 Å². The van der Waals surface area contributed by atoms with E-state index >= 15 is 158 Å². The van der Waals surface area contributed by atoms with Crippen LogP contribution < -0.4 is 65.6 Å². The Bertz CT molecular complexity index is 5390. The van der Waals surface area contributed by atoms with Gasteiger partial charge in [-0.05, 0) is 6.92 Å². The number of hydrogen-bond acceptors (Lipinski definition) is 0. The van der Waals surface area contributed by atoms with Gasteiger partial charge >= 0.3 is 0 Å². The van der Waals surface area contributed by atoms with E-state index in [1.54, 1.807) is 0 Å². The van der Waals surface area contributed by atoms with Crippen LogP contribution >= 0.6 is 0 Å². The van der Waals surface area contributed by atoms with Crippen LogP contribution in [0.2, 0.25) is 0 Å². The van der Waals surface area contributed by atoms with Crippen LogP contribution in [0.5, 0.6) is 0 Å². The van der Waals surface area contributed by atoms with Crippen molar-refractivity contribution in [2.45, 2.75) is 6.92 Å². The predicted octanol–water partition coefficient (Wildman–Crippen LogP) is 15.2. The largest absolute Gasteiger partial charge is 0.207 e. The molecule has 0 nitrogen and oxygen atoms in total. The molecule has 11 rings (SSSR count). The van der Waals surface area contributed by atoms with Crippen molar-refractivity contribution in [1.29, 1.82) is 0 Å². The lowest BCUT2D eigenvalue weighted by molar-refractivity contribution is 0.378. The lowest BCUT2D eigenvalue weighted by Crippen LogP contribution is -2.83. The molecule has 0 atom stereocenters. The first-order chi connectivity index (χ1) is 56.6. The third kappa shape index (κ3) is 12.2. The zero-order valence-electron chi connectivity index (χ0n) is 55.8. The van der Waals surface area contributed by atoms with Gasteiger partial charge in [0, 0.05) is 5.56 Å². The number of halogens is 53. The average Bonchev–Trinajstić information content (AvgIpc) is 0.673. The molecule has 0 N–H and O–H groups in total. The first kappa shape index (κ1) is 93.2. The van der Waals surface area contributed by atoms with Crippen LogP contribution in [0.25, 0.3) is 0 Å². The van der Waals surface area contributed by atoms with Crippen molar-refractivity contribution in [3.05, 3.63) is 314 Å². The van der Waals surface area contributed by atoms with E-state index in [1.165, 1.54) is 0 Å². The lowest BCUT2D eigenvalue weighted by atomic mass is 9.10. The van der Waals surface area contributed by atoms with Crippen molar-refractivity contribution in [3.8, 4) is 0 Å². The van der Waals surface area contributed by atoms with Gasteiger partial charge < -0.3 is 0 Å². The molecular formula is C67H3B3F53-3. The second-order valence-electron chi connectivity index (χ2n) is 24.8. The molecule has 0 aliphatic carbocycles. The van der Waals surface area contributed by atoms with Crippen molar-refractivity contribution in [2.24, 2.45) is 0 Å². The summed E-state index contributed by atoms with van der Waals surface area (Å²) in [6, 6.07) is 0. The number of benzene rings is 11. The fourth-order valence-electron chi connectivity index (χ4n) is 14.2. The quantitative estimate of drug-likeness (QED) is 0.0495. The molecule has 11 aromatic carbocycles. The Morgan fingerprint density at radius 2 is 0.130 bits per heavy atom. The molecule has 0 bridgehead atoms. The van der Waals surface area contributed by atoms with Crippen molar-refractivity contribution >= 4 is 84.0 Å². The Balaban J connectivity index is 0.000000298. The third-order valence-corrected chi connectivity index (χ3v) is 19.2. The monoisotopic (exact) mass is 1850 g/mol. The van der Waals surface area contributed by atoms with Gasteiger partial charge in [-0.15, -0.1) is 65.6 Å². The van der Waals surface area contributed by atoms with Gasteiger partial charge in [-0.25, -0.2) is 233 Å². The van der Waals surface area contributed by atoms with Gasteiger partial charge in [0.2, 0.25) is 0 Å². The van der Waals surface area contributed by atoms with Crippen LogP contribution in [0, 0.1) is 315 Å². The molecule has 0 amide bonds. The molecule has 0 saturated heterocycles. The van der Waals surface area contributed by atoms with Crippen molar-refractivity contribution in [1.82, 2.24) is 0 Å². The maximum atomic E-state index is 17.8. The molecule has 0 unspecified atom stereocenters. The highest BCUT2D eigenvalue weighted by atomic mass is 19.2. The predicted molar refractivity (Wildman–Crippen MR) is 306 cm³/mol. The Morgan fingerprint density at radius 1 is 0.0813 bits per heavy atom. The van der Waals surface area contributed by atoms with E-state index in [9.17, 15) is 74.6 Å². The molecule has 0 aliphatic rings. The van der Waals surface area contributed by atoms with Gasteiger partial charge in [0.15, 0.2) is 169 Å². The summed E-state index contributed by atoms with van der Waals surface area (Å²) in [4.78, 5) is 0. The third-order valence-electron chi connectivity index (χ3n) is 19.2. The Kier molecular flexibility index (Phi) is 23.7. The second-order valence-corrected chi connectivity index (χ2v) is 24.8. The van der Waals surface area contributed by atoms with Crippen LogP contribution in [0.3, 0.4) is 0 Å². The molecule has 11 aromatic rings. The van der Waals surface area contributed by atoms with Crippen molar-refractivity contribution < 1.29 is 233 Å². The molecule has 0 fully saturated rings. The molecule has 0 aromatic heterocycles. The molecular weight excluding hydrogens is 1840 g/mol. The topological polar surface area (TPSA) is 0 Å². The lowest BCUT2D eigenvalue weighted by Gasteiger charge is -2.47. The van der Waals surface area contributed by atoms with Crippen molar-refractivity contribution in [2.75, 3.05) is 0 Å². The summed E-state index contributed by atoms with van der Waals surface area (Å²) in [6.07, 6.45) is -23.6. The fourth-order valence-corrected chi connectivity index (χ4v) is 14.2. The van der Waals surface area contributed by atoms with Crippen molar-refractivity contribution in [3.63, 3.8) is 0 Å². The number of hydrogen-bond donors (Lipinski definition) is 0. The van der Waals surface area contributed by atoms with Crippen LogP contribution in [0.1, 0.15) is 5.56 Å². The minimum atomic E-state index is -8.26. The Hall–Kier alpha value is -12.1. The maximum absolute atomic E-state index is 17.8. The number of rotatable bonds is 12. The van der Waals surface area contributed by atoms with Gasteiger partial charge in [0.05, 0.1) is 0 Å². The average molecular weight is 1850 g/mol. The normalized spacial score (nSPS) is 12.1. The molecule has 0 aliphatic heterocycles. The highest BCUT2D eigenvalue weighted by Gasteiger charge is 2.58. The van der Waals surface area contributed by atoms with Gasteiger partial charge in [-0.3, -0.25) is 0 Å². The standard InChI is InChI=1S/C43H3B2F33.C24BF20/c1-2-11(46)13(48)3(14(49)12(2)47)44(6-19(54)29(64)39(74)30(65)20(6)55,7-21(56)31(66)40(75)32(67)22(7)57)4-15(50)17(52)5(18(53)16(4)51)45(8-23(58)33(68)41(76)34(69)24(8)59,9-25(60)35(70)42(77)36(71)26(9)61)10-27(62)37(72)43(78)38(73)28(10)63;26-5-1(6(27)14(35)21(42)13(5)34)25(2-7(28)15(36)22(43)16(37)8(2)29,3-9(30)17(38)23(44)18(39)10(3)31)4-11(32)19(40)24(45)20(41)12(4)33/h1H3;/q-2;-1. The summed E-state index contributed by atoms with van der Waals surface area (Å²) in [6.45, 7) is -0.179. The zero-order valence-corrected chi connectivity index (χ0v) is 55.8. The van der Waals surface area contributed by atoms with E-state index < -0.39 is 398 Å². The first-order valence-corrected chi connectivity index (χ1v) is 30.5. The Labute approximate surface area is 636 Å². The minimum absolute atomic E-state index is 0.179. The minimum Gasteiger partial charge on any atom is -0.207 e. The van der Waals surface area contributed by atoms with Gasteiger partial charge in [-0.1, -0.05) is 0 Å². The van der Waals surface area contributed by atoms with Gasteiger partial charge in [0.1, 0.15) is 158 Å². The molecule has 0 heterocycles. The Morgan fingerprint density at radius 3 is 0.203 bits per heavy atom. The highest BCUT2D eigenvalue weighted by Crippen LogP contribution is 2.38.